The maximum Gasteiger partial charge on any atom is 0.255 e. The molecule has 7 nitrogen and oxygen atoms in total. The number of hydrogen-bond donors (Lipinski definition) is 2. The SMILES string of the molecule is CN1CCN(c2ccc(NC(=O)c3ccc4nc[nH]c4c3)cn2)CC1. The Labute approximate surface area is 145 Å². The molecule has 1 saturated heterocycles. The summed E-state index contributed by atoms with van der Waals surface area (Å²) >= 11 is 0. The number of likely N-dealkylation sites (N-methyl/N-ethyl adjacent to an activating group) is 1. The summed E-state index contributed by atoms with van der Waals surface area (Å²) in [5.41, 5.74) is 2.96. The topological polar surface area (TPSA) is 77.1 Å². The minimum absolute atomic E-state index is 0.161. The fourth-order valence-corrected chi connectivity index (χ4v) is 2.96. The van der Waals surface area contributed by atoms with E-state index < -0.39 is 0 Å². The van der Waals surface area contributed by atoms with Crippen LogP contribution in [0.5, 0.6) is 0 Å². The number of nitrogens with zero attached hydrogens (tertiary/aromatic N) is 4. The summed E-state index contributed by atoms with van der Waals surface area (Å²) in [6.45, 7) is 4.02. The van der Waals surface area contributed by atoms with Crippen LogP contribution < -0.4 is 10.2 Å². The van der Waals surface area contributed by atoms with Gasteiger partial charge in [0.05, 0.1) is 29.2 Å². The summed E-state index contributed by atoms with van der Waals surface area (Å²) in [4.78, 5) is 28.6. The highest BCUT2D eigenvalue weighted by molar-refractivity contribution is 6.05. The van der Waals surface area contributed by atoms with E-state index in [1.165, 1.54) is 0 Å². The Bertz CT molecular complexity index is 880. The summed E-state index contributed by atoms with van der Waals surface area (Å²) in [6, 6.07) is 9.25. The molecule has 1 fully saturated rings. The molecule has 0 aliphatic carbocycles. The zero-order valence-electron chi connectivity index (χ0n) is 14.1. The molecule has 1 aliphatic heterocycles. The predicted octanol–water partition coefficient (Wildman–Crippen LogP) is 1.96. The van der Waals surface area contributed by atoms with Crippen molar-refractivity contribution in [3.63, 3.8) is 0 Å². The van der Waals surface area contributed by atoms with E-state index in [9.17, 15) is 4.79 Å². The quantitative estimate of drug-likeness (QED) is 0.765. The molecule has 25 heavy (non-hydrogen) atoms. The number of aromatic amines is 1. The van der Waals surface area contributed by atoms with Crippen LogP contribution in [0.15, 0.2) is 42.9 Å². The van der Waals surface area contributed by atoms with Gasteiger partial charge in [0.2, 0.25) is 0 Å². The highest BCUT2D eigenvalue weighted by atomic mass is 16.1. The van der Waals surface area contributed by atoms with Gasteiger partial charge in [-0.1, -0.05) is 0 Å². The van der Waals surface area contributed by atoms with Crippen LogP contribution in [0, 0.1) is 0 Å². The van der Waals surface area contributed by atoms with E-state index in [0.29, 0.717) is 11.3 Å². The van der Waals surface area contributed by atoms with Gasteiger partial charge in [-0.05, 0) is 37.4 Å². The lowest BCUT2D eigenvalue weighted by Crippen LogP contribution is -2.44. The van der Waals surface area contributed by atoms with Gasteiger partial charge in [0.25, 0.3) is 5.91 Å². The number of pyridine rings is 1. The first kappa shape index (κ1) is 15.6. The fraction of sp³-hybridized carbons (Fsp3) is 0.278. The minimum Gasteiger partial charge on any atom is -0.354 e. The van der Waals surface area contributed by atoms with Crippen LogP contribution in [0.1, 0.15) is 10.4 Å². The average Bonchev–Trinajstić information content (AvgIpc) is 3.11. The van der Waals surface area contributed by atoms with Gasteiger partial charge in [-0.25, -0.2) is 9.97 Å². The molecule has 1 aromatic carbocycles. The third kappa shape index (κ3) is 3.32. The van der Waals surface area contributed by atoms with Gasteiger partial charge in [0.1, 0.15) is 5.82 Å². The fourth-order valence-electron chi connectivity index (χ4n) is 2.96. The Morgan fingerprint density at radius 3 is 2.72 bits per heavy atom. The largest absolute Gasteiger partial charge is 0.354 e. The smallest absolute Gasteiger partial charge is 0.255 e. The number of benzene rings is 1. The van der Waals surface area contributed by atoms with Crippen molar-refractivity contribution in [1.82, 2.24) is 19.9 Å². The van der Waals surface area contributed by atoms with Crippen LogP contribution in [-0.2, 0) is 0 Å². The molecular weight excluding hydrogens is 316 g/mol. The maximum atomic E-state index is 12.4. The number of carbonyl (C=O) groups is 1. The molecular formula is C18H20N6O. The molecule has 128 valence electrons. The van der Waals surface area contributed by atoms with Crippen molar-refractivity contribution in [2.24, 2.45) is 0 Å². The number of amides is 1. The molecule has 1 amide bonds. The molecule has 1 aliphatic rings. The van der Waals surface area contributed by atoms with Crippen molar-refractivity contribution in [1.29, 1.82) is 0 Å². The third-order valence-electron chi connectivity index (χ3n) is 4.52. The number of hydrogen-bond acceptors (Lipinski definition) is 5. The number of nitrogens with one attached hydrogen (secondary N) is 2. The monoisotopic (exact) mass is 336 g/mol. The summed E-state index contributed by atoms with van der Waals surface area (Å²) in [5.74, 6) is 0.788. The van der Waals surface area contributed by atoms with Crippen LogP contribution in [0.3, 0.4) is 0 Å². The predicted molar refractivity (Wildman–Crippen MR) is 98.0 cm³/mol. The zero-order valence-corrected chi connectivity index (χ0v) is 14.1. The molecule has 0 radical (unpaired) electrons. The van der Waals surface area contributed by atoms with Gasteiger partial charge in [-0.3, -0.25) is 4.79 Å². The molecule has 2 aromatic heterocycles. The molecule has 0 saturated carbocycles. The van der Waals surface area contributed by atoms with E-state index in [-0.39, 0.29) is 5.91 Å². The molecule has 0 atom stereocenters. The van der Waals surface area contributed by atoms with Crippen molar-refractivity contribution >= 4 is 28.4 Å². The number of H-pyrrole nitrogens is 1. The highest BCUT2D eigenvalue weighted by Crippen LogP contribution is 2.17. The number of carbonyl (C=O) groups excluding carboxylic acids is 1. The van der Waals surface area contributed by atoms with Crippen LogP contribution in [0.25, 0.3) is 11.0 Å². The first-order chi connectivity index (χ1) is 12.2. The third-order valence-corrected chi connectivity index (χ3v) is 4.52. The van der Waals surface area contributed by atoms with Crippen molar-refractivity contribution in [3.05, 3.63) is 48.4 Å². The lowest BCUT2D eigenvalue weighted by Gasteiger charge is -2.33. The molecule has 3 heterocycles. The molecule has 3 aromatic rings. The Balaban J connectivity index is 1.44. The van der Waals surface area contributed by atoms with E-state index in [4.69, 9.17) is 0 Å². The summed E-state index contributed by atoms with van der Waals surface area (Å²) in [7, 11) is 2.13. The van der Waals surface area contributed by atoms with E-state index in [0.717, 1.165) is 43.0 Å². The Morgan fingerprint density at radius 1 is 1.12 bits per heavy atom. The van der Waals surface area contributed by atoms with E-state index in [1.54, 1.807) is 24.7 Å². The normalized spacial score (nSPS) is 15.5. The first-order valence-electron chi connectivity index (χ1n) is 8.33. The summed E-state index contributed by atoms with van der Waals surface area (Å²) < 4.78 is 0. The average molecular weight is 336 g/mol. The number of fused-ring (bicyclic) bond motifs is 1. The van der Waals surface area contributed by atoms with Crippen LogP contribution in [0.2, 0.25) is 0 Å². The maximum absolute atomic E-state index is 12.4. The Kier molecular flexibility index (Phi) is 4.07. The molecule has 2 N–H and O–H groups in total. The number of aromatic nitrogens is 3. The molecule has 7 heteroatoms. The second kappa shape index (κ2) is 6.52. The molecule has 4 rings (SSSR count). The summed E-state index contributed by atoms with van der Waals surface area (Å²) in [5, 5.41) is 2.89. The number of piperazine rings is 1. The number of rotatable bonds is 3. The van der Waals surface area contributed by atoms with Gasteiger partial charge < -0.3 is 20.1 Å². The van der Waals surface area contributed by atoms with Crippen molar-refractivity contribution in [3.8, 4) is 0 Å². The van der Waals surface area contributed by atoms with Crippen LogP contribution in [-0.4, -0.2) is 59.0 Å². The van der Waals surface area contributed by atoms with Crippen molar-refractivity contribution < 1.29 is 4.79 Å². The van der Waals surface area contributed by atoms with Gasteiger partial charge in [0, 0.05) is 31.7 Å². The van der Waals surface area contributed by atoms with Gasteiger partial charge in [-0.15, -0.1) is 0 Å². The van der Waals surface area contributed by atoms with Gasteiger partial charge in [-0.2, -0.15) is 0 Å². The lowest BCUT2D eigenvalue weighted by molar-refractivity contribution is 0.102. The zero-order chi connectivity index (χ0) is 17.2. The molecule has 0 unspecified atom stereocenters. The number of anilines is 2. The van der Waals surface area contributed by atoms with Crippen LogP contribution >= 0.6 is 0 Å². The second-order valence-electron chi connectivity index (χ2n) is 6.28. The molecule has 0 bridgehead atoms. The first-order valence-corrected chi connectivity index (χ1v) is 8.33. The molecule has 0 spiro atoms. The van der Waals surface area contributed by atoms with Crippen molar-refractivity contribution in [2.45, 2.75) is 0 Å². The van der Waals surface area contributed by atoms with E-state index in [2.05, 4.69) is 37.1 Å². The highest BCUT2D eigenvalue weighted by Gasteiger charge is 2.15. The standard InChI is InChI=1S/C18H20N6O/c1-23-6-8-24(9-7-23)17-5-3-14(11-19-17)22-18(25)13-2-4-15-16(10-13)21-12-20-15/h2-5,10-12H,6-9H2,1H3,(H,20,21)(H,22,25). The second-order valence-corrected chi connectivity index (χ2v) is 6.28. The summed E-state index contributed by atoms with van der Waals surface area (Å²) in [6.07, 6.45) is 3.33. The van der Waals surface area contributed by atoms with Crippen molar-refractivity contribution in [2.75, 3.05) is 43.4 Å². The van der Waals surface area contributed by atoms with Crippen LogP contribution in [0.4, 0.5) is 11.5 Å². The van der Waals surface area contributed by atoms with Gasteiger partial charge in [0.15, 0.2) is 0 Å². The minimum atomic E-state index is -0.161. The lowest BCUT2D eigenvalue weighted by atomic mass is 10.2. The Morgan fingerprint density at radius 2 is 1.96 bits per heavy atom. The Hall–Kier alpha value is -2.93. The van der Waals surface area contributed by atoms with E-state index >= 15 is 0 Å². The number of imidazole rings is 1. The van der Waals surface area contributed by atoms with Gasteiger partial charge >= 0.3 is 0 Å². The van der Waals surface area contributed by atoms with E-state index in [1.807, 2.05) is 18.2 Å².